The van der Waals surface area contributed by atoms with Gasteiger partial charge in [0.05, 0.1) is 24.5 Å². The molecule has 64 heavy (non-hydrogen) atoms. The number of hydrogen-bond donors (Lipinski definition) is 8. The van der Waals surface area contributed by atoms with E-state index in [1.54, 1.807) is 65.8 Å². The molecule has 0 aliphatic rings. The molecule has 0 radical (unpaired) electrons. The molecule has 3 amide bonds. The van der Waals surface area contributed by atoms with Crippen LogP contribution in [0.2, 0.25) is 0 Å². The zero-order valence-electron chi connectivity index (χ0n) is 40.0. The largest absolute Gasteiger partial charge is 0.508 e. The molecule has 17 nitrogen and oxygen atoms in total. The number of aryl methyl sites for hydroxylation is 4. The van der Waals surface area contributed by atoms with Crippen LogP contribution in [-0.2, 0) is 46.3 Å². The standard InChI is InChI=1S/C24H38N4O5.C23H37N3O5/c1-14-10-18(30)11-15(2)19(14)13-20(16(3)29)28-22(32)17(8-7-9-27-23(25)26)12-21(31)33-24(4,5)6;1-14-11-17(28)12-15(2)18(14)13-20(16(3)27)26-21(29)19(24)9-7-8-10-25-22(30)31-23(4,5)6/h10-11,17,20,30H,7-9,12-13H2,1-6H3,(H,28,32)(H4,25,26,27);11-12,19-20,28H,7-10,13,24H2,1-6H3,(H,25,30)(H,26,29). The van der Waals surface area contributed by atoms with E-state index in [1.165, 1.54) is 13.8 Å². The first-order chi connectivity index (χ1) is 29.5. The summed E-state index contributed by atoms with van der Waals surface area (Å²) in [4.78, 5) is 77.9. The molecule has 11 N–H and O–H groups in total. The number of phenolic OH excluding ortho intramolecular Hbond substituents is 2. The Bertz CT molecular complexity index is 1900. The van der Waals surface area contributed by atoms with Crippen LogP contribution in [-0.4, -0.2) is 94.0 Å². The second kappa shape index (κ2) is 26.2. The molecule has 17 heteroatoms. The first-order valence-electron chi connectivity index (χ1n) is 21.7. The van der Waals surface area contributed by atoms with Crippen LogP contribution in [0.25, 0.3) is 0 Å². The number of rotatable bonds is 21. The lowest BCUT2D eigenvalue weighted by molar-refractivity contribution is -0.157. The van der Waals surface area contributed by atoms with Gasteiger partial charge in [-0.3, -0.25) is 29.0 Å². The molecule has 2 aromatic rings. The van der Waals surface area contributed by atoms with E-state index in [0.717, 1.165) is 33.4 Å². The van der Waals surface area contributed by atoms with E-state index < -0.39 is 53.2 Å². The second-order valence-electron chi connectivity index (χ2n) is 18.3. The molecule has 2 rings (SSSR count). The van der Waals surface area contributed by atoms with Gasteiger partial charge >= 0.3 is 12.1 Å². The van der Waals surface area contributed by atoms with Crippen LogP contribution in [0.1, 0.15) is 127 Å². The summed E-state index contributed by atoms with van der Waals surface area (Å²) in [6, 6.07) is 4.32. The van der Waals surface area contributed by atoms with Gasteiger partial charge in [0, 0.05) is 31.8 Å². The Morgan fingerprint density at radius 3 is 1.52 bits per heavy atom. The molecule has 0 spiro atoms. The van der Waals surface area contributed by atoms with E-state index in [0.29, 0.717) is 51.6 Å². The van der Waals surface area contributed by atoms with Crippen molar-refractivity contribution >= 4 is 41.4 Å². The van der Waals surface area contributed by atoms with Crippen LogP contribution in [0, 0.1) is 33.6 Å². The maximum Gasteiger partial charge on any atom is 0.407 e. The third-order valence-electron chi connectivity index (χ3n) is 9.95. The summed E-state index contributed by atoms with van der Waals surface area (Å²) < 4.78 is 10.5. The van der Waals surface area contributed by atoms with E-state index in [9.17, 15) is 39.0 Å². The molecular formula is C47H75N7O10. The number of amides is 3. The Morgan fingerprint density at radius 2 is 1.11 bits per heavy atom. The van der Waals surface area contributed by atoms with Crippen molar-refractivity contribution in [3.8, 4) is 11.5 Å². The van der Waals surface area contributed by atoms with Gasteiger partial charge in [-0.2, -0.15) is 0 Å². The second-order valence-corrected chi connectivity index (χ2v) is 18.3. The molecule has 0 saturated carbocycles. The Kier molecular flexibility index (Phi) is 23.0. The maximum absolute atomic E-state index is 13.1. The van der Waals surface area contributed by atoms with Gasteiger partial charge in [-0.1, -0.05) is 0 Å². The normalized spacial score (nSPS) is 13.1. The molecule has 0 fully saturated rings. The number of alkyl carbamates (subject to hydrolysis) is 1. The highest BCUT2D eigenvalue weighted by atomic mass is 16.6. The highest BCUT2D eigenvalue weighted by Crippen LogP contribution is 2.24. The molecule has 0 aliphatic carbocycles. The topological polar surface area (TPSA) is 288 Å². The van der Waals surface area contributed by atoms with Gasteiger partial charge in [-0.15, -0.1) is 0 Å². The van der Waals surface area contributed by atoms with Gasteiger partial charge in [-0.25, -0.2) is 4.79 Å². The van der Waals surface area contributed by atoms with Crippen molar-refractivity contribution in [2.75, 3.05) is 13.1 Å². The van der Waals surface area contributed by atoms with Crippen LogP contribution in [0.15, 0.2) is 29.3 Å². The average Bonchev–Trinajstić information content (AvgIpc) is 3.12. The summed E-state index contributed by atoms with van der Waals surface area (Å²) >= 11 is 0. The lowest BCUT2D eigenvalue weighted by atomic mass is 9.93. The number of carbonyl (C=O) groups is 6. The number of ketones is 2. The van der Waals surface area contributed by atoms with Crippen molar-refractivity contribution in [1.29, 1.82) is 0 Å². The SMILES string of the molecule is CC(=O)C(Cc1c(C)cc(O)cc1C)NC(=O)C(CCCN=C(N)N)CC(=O)OC(C)(C)C.CC(=O)C(Cc1c(C)cc(O)cc1C)NC(=O)C(N)CCCCNC(=O)OC(C)(C)C. The van der Waals surface area contributed by atoms with E-state index in [-0.39, 0.29) is 47.8 Å². The first kappa shape index (κ1) is 56.3. The number of esters is 1. The van der Waals surface area contributed by atoms with Crippen LogP contribution >= 0.6 is 0 Å². The number of Topliss-reactive ketones (excluding diaryl/α,β-unsaturated/α-hetero) is 2. The monoisotopic (exact) mass is 898 g/mol. The van der Waals surface area contributed by atoms with Crippen molar-refractivity contribution in [2.24, 2.45) is 28.1 Å². The van der Waals surface area contributed by atoms with Gasteiger partial charge in [0.25, 0.3) is 0 Å². The predicted molar refractivity (Wildman–Crippen MR) is 248 cm³/mol. The number of nitrogens with two attached hydrogens (primary N) is 3. The fraction of sp³-hybridized carbons (Fsp3) is 0.596. The highest BCUT2D eigenvalue weighted by molar-refractivity contribution is 5.91. The number of phenols is 2. The number of hydrogen-bond acceptors (Lipinski definition) is 12. The summed E-state index contributed by atoms with van der Waals surface area (Å²) in [6.45, 7) is 21.7. The van der Waals surface area contributed by atoms with E-state index in [2.05, 4.69) is 20.9 Å². The van der Waals surface area contributed by atoms with Gasteiger partial charge in [0.15, 0.2) is 17.5 Å². The number of nitrogens with zero attached hydrogens (tertiary/aromatic N) is 1. The van der Waals surface area contributed by atoms with Crippen molar-refractivity contribution < 1.29 is 48.5 Å². The summed E-state index contributed by atoms with van der Waals surface area (Å²) in [5.74, 6) is -2.05. The third kappa shape index (κ3) is 22.6. The van der Waals surface area contributed by atoms with Crippen molar-refractivity contribution in [1.82, 2.24) is 16.0 Å². The minimum absolute atomic E-state index is 0.0422. The molecule has 0 bridgehead atoms. The Balaban J connectivity index is 0.000000641. The van der Waals surface area contributed by atoms with E-state index in [4.69, 9.17) is 26.7 Å². The number of guanidine groups is 1. The van der Waals surface area contributed by atoms with Crippen LogP contribution in [0.3, 0.4) is 0 Å². The Hall–Kier alpha value is -5.71. The Labute approximate surface area is 379 Å². The fourth-order valence-electron chi connectivity index (χ4n) is 6.74. The minimum atomic E-state index is -0.765. The zero-order chi connectivity index (χ0) is 49.1. The molecule has 0 saturated heterocycles. The summed E-state index contributed by atoms with van der Waals surface area (Å²) in [5, 5.41) is 27.7. The van der Waals surface area contributed by atoms with Gasteiger partial charge in [0.1, 0.15) is 22.7 Å². The van der Waals surface area contributed by atoms with Crippen LogP contribution in [0.5, 0.6) is 11.5 Å². The Morgan fingerprint density at radius 1 is 0.672 bits per heavy atom. The number of aliphatic imine (C=N–C) groups is 1. The molecule has 0 aliphatic heterocycles. The average molecular weight is 898 g/mol. The molecule has 2 aromatic carbocycles. The predicted octanol–water partition coefficient (Wildman–Crippen LogP) is 4.67. The van der Waals surface area contributed by atoms with E-state index >= 15 is 0 Å². The first-order valence-corrected chi connectivity index (χ1v) is 21.7. The maximum atomic E-state index is 13.1. The van der Waals surface area contributed by atoms with Crippen molar-refractivity contribution in [2.45, 2.75) is 164 Å². The molecular weight excluding hydrogens is 823 g/mol. The van der Waals surface area contributed by atoms with Gasteiger partial charge in [-0.05, 0) is 173 Å². The highest BCUT2D eigenvalue weighted by Gasteiger charge is 2.29. The molecule has 0 aromatic heterocycles. The van der Waals surface area contributed by atoms with Crippen LogP contribution in [0.4, 0.5) is 4.79 Å². The summed E-state index contributed by atoms with van der Waals surface area (Å²) in [5.41, 5.74) is 20.6. The minimum Gasteiger partial charge on any atom is -0.508 e. The number of carbonyl (C=O) groups excluding carboxylic acids is 6. The van der Waals surface area contributed by atoms with E-state index in [1.807, 2.05) is 27.7 Å². The number of aromatic hydroxyl groups is 2. The number of unbranched alkanes of at least 4 members (excludes halogenated alkanes) is 1. The number of benzene rings is 2. The van der Waals surface area contributed by atoms with Gasteiger partial charge in [0.2, 0.25) is 11.8 Å². The molecule has 4 unspecified atom stereocenters. The number of nitrogens with one attached hydrogen (secondary N) is 3. The fourth-order valence-corrected chi connectivity index (χ4v) is 6.74. The lowest BCUT2D eigenvalue weighted by Crippen LogP contribution is -2.48. The lowest BCUT2D eigenvalue weighted by Gasteiger charge is -2.24. The van der Waals surface area contributed by atoms with Crippen molar-refractivity contribution in [3.63, 3.8) is 0 Å². The quantitative estimate of drug-likeness (QED) is 0.0366. The zero-order valence-corrected chi connectivity index (χ0v) is 40.0. The molecule has 358 valence electrons. The molecule has 4 atom stereocenters. The summed E-state index contributed by atoms with van der Waals surface area (Å²) in [6.07, 6.45) is 2.60. The third-order valence-corrected chi connectivity index (χ3v) is 9.95. The van der Waals surface area contributed by atoms with Crippen molar-refractivity contribution in [3.05, 3.63) is 57.6 Å². The smallest absolute Gasteiger partial charge is 0.407 e. The van der Waals surface area contributed by atoms with Gasteiger partial charge < -0.3 is 52.8 Å². The molecule has 0 heterocycles. The summed E-state index contributed by atoms with van der Waals surface area (Å²) in [7, 11) is 0. The number of ether oxygens (including phenoxy) is 2. The van der Waals surface area contributed by atoms with Crippen LogP contribution < -0.4 is 33.2 Å².